The fourth-order valence-electron chi connectivity index (χ4n) is 3.70. The second kappa shape index (κ2) is 5.98. The van der Waals surface area contributed by atoms with Gasteiger partial charge in [0.15, 0.2) is 11.2 Å². The van der Waals surface area contributed by atoms with E-state index in [9.17, 15) is 40.7 Å². The molecule has 0 amide bonds. The molecule has 3 unspecified atom stereocenters. The maximum Gasteiger partial charge on any atom is 0.434 e. The minimum Gasteiger partial charge on any atom is -0.442 e. The Bertz CT molecular complexity index is 795. The molecule has 0 spiro atoms. The van der Waals surface area contributed by atoms with Crippen molar-refractivity contribution in [2.75, 3.05) is 0 Å². The fraction of sp³-hybridized carbons (Fsp3) is 0.562. The number of allylic oxidation sites excluding steroid dienone is 2. The van der Waals surface area contributed by atoms with E-state index in [2.05, 4.69) is 11.3 Å². The van der Waals surface area contributed by atoms with E-state index < -0.39 is 60.0 Å². The Morgan fingerprint density at radius 1 is 1.21 bits per heavy atom. The van der Waals surface area contributed by atoms with Gasteiger partial charge in [0.25, 0.3) is 6.10 Å². The number of esters is 3. The predicted octanol–water partition coefficient (Wildman–Crippen LogP) is 2.94. The van der Waals surface area contributed by atoms with E-state index in [1.807, 2.05) is 0 Å². The Kier molecular flexibility index (Phi) is 4.32. The lowest BCUT2D eigenvalue weighted by molar-refractivity contribution is -0.315. The van der Waals surface area contributed by atoms with Gasteiger partial charge >= 0.3 is 30.3 Å². The smallest absolute Gasteiger partial charge is 0.434 e. The fourth-order valence-corrected chi connectivity index (χ4v) is 3.70. The van der Waals surface area contributed by atoms with Gasteiger partial charge in [-0.25, -0.2) is 4.79 Å². The number of carbonyl (C=O) groups excluding carboxylic acids is 3. The summed E-state index contributed by atoms with van der Waals surface area (Å²) < 4.78 is 89.7. The van der Waals surface area contributed by atoms with E-state index in [-0.39, 0.29) is 23.5 Å². The zero-order chi connectivity index (χ0) is 21.2. The first-order valence-corrected chi connectivity index (χ1v) is 7.88. The standard InChI is InChI=1S/C16H12F6O6/c1-5(2)10(23)26-8-6-3-7-9(8)27-12(24)14(7,4-6)13(25)28-11(15(17,18)19)16(20,21)22/h6-7,11H,1,3-4H2,2H3. The highest BCUT2D eigenvalue weighted by atomic mass is 19.4. The predicted molar refractivity (Wildman–Crippen MR) is 74.7 cm³/mol. The van der Waals surface area contributed by atoms with Crippen molar-refractivity contribution in [3.05, 3.63) is 23.7 Å². The zero-order valence-corrected chi connectivity index (χ0v) is 14.1. The Labute approximate surface area is 153 Å². The van der Waals surface area contributed by atoms with Gasteiger partial charge in [-0.15, -0.1) is 0 Å². The molecule has 2 aliphatic carbocycles. The van der Waals surface area contributed by atoms with Crippen LogP contribution in [0.4, 0.5) is 26.3 Å². The summed E-state index contributed by atoms with van der Waals surface area (Å²) in [5, 5.41) is 0. The molecular weight excluding hydrogens is 402 g/mol. The summed E-state index contributed by atoms with van der Waals surface area (Å²) in [6.45, 7) is 4.71. The average molecular weight is 414 g/mol. The Morgan fingerprint density at radius 2 is 1.79 bits per heavy atom. The lowest BCUT2D eigenvalue weighted by Crippen LogP contribution is -2.50. The maximum atomic E-state index is 12.7. The van der Waals surface area contributed by atoms with Gasteiger partial charge in [-0.1, -0.05) is 6.58 Å². The van der Waals surface area contributed by atoms with Crippen LogP contribution in [0.5, 0.6) is 0 Å². The Balaban J connectivity index is 1.90. The highest BCUT2D eigenvalue weighted by Crippen LogP contribution is 2.64. The Morgan fingerprint density at radius 3 is 2.29 bits per heavy atom. The molecule has 3 atom stereocenters. The molecule has 1 saturated carbocycles. The van der Waals surface area contributed by atoms with Crippen LogP contribution in [0.1, 0.15) is 19.8 Å². The van der Waals surface area contributed by atoms with Crippen LogP contribution < -0.4 is 0 Å². The van der Waals surface area contributed by atoms with Crippen LogP contribution in [-0.4, -0.2) is 36.4 Å². The first-order valence-electron chi connectivity index (χ1n) is 7.88. The highest BCUT2D eigenvalue weighted by molar-refractivity contribution is 6.04. The second-order valence-corrected chi connectivity index (χ2v) is 6.82. The maximum absolute atomic E-state index is 12.7. The van der Waals surface area contributed by atoms with Crippen molar-refractivity contribution >= 4 is 17.9 Å². The van der Waals surface area contributed by atoms with Gasteiger partial charge in [0.1, 0.15) is 5.76 Å². The van der Waals surface area contributed by atoms with Crippen LogP contribution >= 0.6 is 0 Å². The summed E-state index contributed by atoms with van der Waals surface area (Å²) in [5.74, 6) is -6.39. The molecule has 1 heterocycles. The van der Waals surface area contributed by atoms with Crippen molar-refractivity contribution in [3.63, 3.8) is 0 Å². The topological polar surface area (TPSA) is 78.9 Å². The molecule has 0 aromatic rings. The molecular formula is C16H12F6O6. The third kappa shape index (κ3) is 2.85. The van der Waals surface area contributed by atoms with E-state index in [4.69, 9.17) is 9.47 Å². The minimum absolute atomic E-state index is 0.0162. The summed E-state index contributed by atoms with van der Waals surface area (Å²) in [4.78, 5) is 36.2. The van der Waals surface area contributed by atoms with E-state index in [0.29, 0.717) is 0 Å². The number of hydrogen-bond donors (Lipinski definition) is 0. The van der Waals surface area contributed by atoms with Gasteiger partial charge in [0.2, 0.25) is 0 Å². The molecule has 0 aromatic carbocycles. The second-order valence-electron chi connectivity index (χ2n) is 6.82. The number of alkyl halides is 6. The van der Waals surface area contributed by atoms with Crippen LogP contribution in [0.15, 0.2) is 23.7 Å². The normalized spacial score (nSPS) is 28.6. The monoisotopic (exact) mass is 414 g/mol. The van der Waals surface area contributed by atoms with Gasteiger partial charge < -0.3 is 14.2 Å². The van der Waals surface area contributed by atoms with E-state index in [0.717, 1.165) is 0 Å². The molecule has 1 aliphatic heterocycles. The van der Waals surface area contributed by atoms with Crippen LogP contribution in [-0.2, 0) is 28.6 Å². The van der Waals surface area contributed by atoms with Crippen molar-refractivity contribution in [2.45, 2.75) is 38.2 Å². The minimum atomic E-state index is -5.91. The van der Waals surface area contributed by atoms with Crippen molar-refractivity contribution in [1.82, 2.24) is 0 Å². The number of rotatable bonds is 4. The average Bonchev–Trinajstić information content (AvgIpc) is 3.12. The first kappa shape index (κ1) is 20.2. The molecule has 12 heteroatoms. The number of carbonyl (C=O) groups is 3. The Hall–Kier alpha value is -2.53. The quantitative estimate of drug-likeness (QED) is 0.232. The molecule has 0 aromatic heterocycles. The molecule has 2 bridgehead atoms. The van der Waals surface area contributed by atoms with Crippen molar-refractivity contribution in [1.29, 1.82) is 0 Å². The first-order chi connectivity index (χ1) is 12.7. The molecule has 3 aliphatic rings. The molecule has 6 nitrogen and oxygen atoms in total. The molecule has 2 fully saturated rings. The third-order valence-corrected chi connectivity index (χ3v) is 4.92. The number of fused-ring (bicyclic) bond motifs is 1. The summed E-state index contributed by atoms with van der Waals surface area (Å²) in [7, 11) is 0. The molecule has 28 heavy (non-hydrogen) atoms. The zero-order valence-electron chi connectivity index (χ0n) is 14.1. The molecule has 0 radical (unpaired) electrons. The third-order valence-electron chi connectivity index (χ3n) is 4.92. The highest BCUT2D eigenvalue weighted by Gasteiger charge is 2.73. The molecule has 154 valence electrons. The largest absolute Gasteiger partial charge is 0.442 e. The van der Waals surface area contributed by atoms with Crippen molar-refractivity contribution in [3.8, 4) is 0 Å². The number of ether oxygens (including phenoxy) is 3. The lowest BCUT2D eigenvalue weighted by Gasteiger charge is -2.29. The van der Waals surface area contributed by atoms with Gasteiger partial charge in [0, 0.05) is 17.4 Å². The SMILES string of the molecule is C=C(C)C(=O)OC1=C2OC(=O)C3(C(=O)OC(C(F)(F)F)C(F)(F)F)CC1CC23. The van der Waals surface area contributed by atoms with Crippen molar-refractivity contribution < 1.29 is 54.9 Å². The molecule has 3 rings (SSSR count). The van der Waals surface area contributed by atoms with Gasteiger partial charge in [-0.2, -0.15) is 26.3 Å². The van der Waals surface area contributed by atoms with Gasteiger partial charge in [0.05, 0.1) is 0 Å². The van der Waals surface area contributed by atoms with Crippen molar-refractivity contribution in [2.24, 2.45) is 17.3 Å². The van der Waals surface area contributed by atoms with Crippen LogP contribution in [0, 0.1) is 17.3 Å². The van der Waals surface area contributed by atoms with E-state index in [1.165, 1.54) is 6.92 Å². The van der Waals surface area contributed by atoms with E-state index >= 15 is 0 Å². The summed E-state index contributed by atoms with van der Waals surface area (Å²) in [6, 6.07) is 0. The summed E-state index contributed by atoms with van der Waals surface area (Å²) in [6.07, 6.45) is -16.7. The van der Waals surface area contributed by atoms with Gasteiger partial charge in [-0.05, 0) is 19.8 Å². The lowest BCUT2D eigenvalue weighted by atomic mass is 9.76. The van der Waals surface area contributed by atoms with Crippen LogP contribution in [0.3, 0.4) is 0 Å². The van der Waals surface area contributed by atoms with Crippen LogP contribution in [0.25, 0.3) is 0 Å². The summed E-state index contributed by atoms with van der Waals surface area (Å²) in [5.41, 5.74) is -2.31. The number of halogens is 6. The number of hydrogen-bond acceptors (Lipinski definition) is 6. The van der Waals surface area contributed by atoms with Gasteiger partial charge in [-0.3, -0.25) is 9.59 Å². The molecule has 1 saturated heterocycles. The summed E-state index contributed by atoms with van der Waals surface area (Å²) >= 11 is 0. The van der Waals surface area contributed by atoms with E-state index in [1.54, 1.807) is 0 Å². The van der Waals surface area contributed by atoms with Crippen LogP contribution in [0.2, 0.25) is 0 Å². The molecule has 0 N–H and O–H groups in total.